The van der Waals surface area contributed by atoms with Crippen molar-refractivity contribution in [3.05, 3.63) is 82.9 Å². The van der Waals surface area contributed by atoms with Crippen LogP contribution in [-0.4, -0.2) is 105 Å². The van der Waals surface area contributed by atoms with E-state index in [1.54, 1.807) is 0 Å². The predicted octanol–water partition coefficient (Wildman–Crippen LogP) is 5.74. The van der Waals surface area contributed by atoms with Crippen LogP contribution in [0, 0.1) is 16.7 Å². The molecule has 5 aliphatic rings. The molecule has 1 spiro atoms. The van der Waals surface area contributed by atoms with E-state index in [2.05, 4.69) is 67.5 Å². The molecule has 3 amide bonds. The summed E-state index contributed by atoms with van der Waals surface area (Å²) in [6.07, 6.45) is 6.23. The van der Waals surface area contributed by atoms with E-state index in [9.17, 15) is 19.6 Å². The molecule has 5 saturated heterocycles. The molecule has 288 valence electrons. The van der Waals surface area contributed by atoms with Crippen LogP contribution >= 0.6 is 11.6 Å². The third-order valence-corrected chi connectivity index (χ3v) is 13.2. The van der Waals surface area contributed by atoms with Crippen molar-refractivity contribution < 1.29 is 14.4 Å². The summed E-state index contributed by atoms with van der Waals surface area (Å²) in [6, 6.07) is 24.9. The maximum absolute atomic E-state index is 13.6. The van der Waals surface area contributed by atoms with E-state index in [1.807, 2.05) is 47.4 Å². The Morgan fingerprint density at radius 3 is 2.25 bits per heavy atom. The fraction of sp³-hybridized carbons (Fsp3) is 0.488. The highest BCUT2D eigenvalue weighted by molar-refractivity contribution is 6.32. The van der Waals surface area contributed by atoms with Gasteiger partial charge in [0.25, 0.3) is 5.91 Å². The summed E-state index contributed by atoms with van der Waals surface area (Å²) in [5.74, 6) is -0.341. The Labute approximate surface area is 329 Å². The van der Waals surface area contributed by atoms with Crippen molar-refractivity contribution >= 4 is 52.1 Å². The maximum Gasteiger partial charge on any atom is 0.253 e. The van der Waals surface area contributed by atoms with Gasteiger partial charge in [-0.2, -0.15) is 5.26 Å². The van der Waals surface area contributed by atoms with Crippen LogP contribution in [0.3, 0.4) is 0 Å². The third kappa shape index (κ3) is 7.98. The number of carbonyl (C=O) groups is 3. The van der Waals surface area contributed by atoms with E-state index in [0.717, 1.165) is 114 Å². The molecule has 5 fully saturated rings. The first-order valence-electron chi connectivity index (χ1n) is 20.0. The molecule has 11 nitrogen and oxygen atoms in total. The minimum atomic E-state index is -0.395. The molecule has 55 heavy (non-hydrogen) atoms. The van der Waals surface area contributed by atoms with Gasteiger partial charge in [-0.05, 0) is 112 Å². The lowest BCUT2D eigenvalue weighted by molar-refractivity contribution is -0.133. The van der Waals surface area contributed by atoms with Gasteiger partial charge in [-0.1, -0.05) is 17.7 Å². The van der Waals surface area contributed by atoms with Gasteiger partial charge in [0.2, 0.25) is 11.8 Å². The summed E-state index contributed by atoms with van der Waals surface area (Å²) in [5.41, 5.74) is 5.86. The SMILES string of the molecule is C[C@@H]1CC2(CCN(c3ccc(C(=O)N4CCC(N5CCN(c6cccc(N[C@@H]7CCC(=O)NC7=O)c6)CC5)CC4)cc3)CC2)CN1c1ccc(C#N)c(Cl)c1. The average molecular weight is 763 g/mol. The summed E-state index contributed by atoms with van der Waals surface area (Å²) in [5, 5.41) is 15.5. The number of halogens is 1. The van der Waals surface area contributed by atoms with E-state index in [1.165, 1.54) is 5.69 Å². The van der Waals surface area contributed by atoms with Crippen LogP contribution in [0.5, 0.6) is 0 Å². The van der Waals surface area contributed by atoms with Gasteiger partial charge in [-0.15, -0.1) is 0 Å². The number of hydrogen-bond donors (Lipinski definition) is 2. The van der Waals surface area contributed by atoms with Crippen LogP contribution < -0.4 is 25.3 Å². The highest BCUT2D eigenvalue weighted by Gasteiger charge is 2.44. The molecule has 3 aromatic rings. The summed E-state index contributed by atoms with van der Waals surface area (Å²) in [7, 11) is 0. The van der Waals surface area contributed by atoms with Crippen molar-refractivity contribution in [1.29, 1.82) is 5.26 Å². The molecular weight excluding hydrogens is 712 g/mol. The quantitative estimate of drug-likeness (QED) is 0.291. The molecule has 8 rings (SSSR count). The minimum Gasteiger partial charge on any atom is -0.374 e. The predicted molar refractivity (Wildman–Crippen MR) is 217 cm³/mol. The summed E-state index contributed by atoms with van der Waals surface area (Å²) in [4.78, 5) is 49.3. The number of rotatable bonds is 7. The maximum atomic E-state index is 13.6. The van der Waals surface area contributed by atoms with E-state index in [-0.39, 0.29) is 23.1 Å². The van der Waals surface area contributed by atoms with Crippen molar-refractivity contribution in [2.24, 2.45) is 5.41 Å². The number of nitrogens with zero attached hydrogens (tertiary/aromatic N) is 6. The van der Waals surface area contributed by atoms with Crippen molar-refractivity contribution in [1.82, 2.24) is 15.1 Å². The molecule has 0 bridgehead atoms. The van der Waals surface area contributed by atoms with Crippen molar-refractivity contribution in [2.45, 2.75) is 70.0 Å². The van der Waals surface area contributed by atoms with Gasteiger partial charge in [0.15, 0.2) is 0 Å². The van der Waals surface area contributed by atoms with Gasteiger partial charge in [-0.25, -0.2) is 0 Å². The summed E-state index contributed by atoms with van der Waals surface area (Å²) < 4.78 is 0. The lowest BCUT2D eigenvalue weighted by Gasteiger charge is -2.43. The van der Waals surface area contributed by atoms with E-state index >= 15 is 0 Å². The normalized spacial score (nSPS) is 23.5. The molecule has 0 saturated carbocycles. The van der Waals surface area contributed by atoms with E-state index in [4.69, 9.17) is 11.6 Å². The van der Waals surface area contributed by atoms with E-state index in [0.29, 0.717) is 35.5 Å². The van der Waals surface area contributed by atoms with Crippen LogP contribution in [0.4, 0.5) is 22.7 Å². The zero-order chi connectivity index (χ0) is 38.1. The Morgan fingerprint density at radius 1 is 0.855 bits per heavy atom. The molecule has 12 heteroatoms. The van der Waals surface area contributed by atoms with Crippen molar-refractivity contribution in [3.63, 3.8) is 0 Å². The van der Waals surface area contributed by atoms with Gasteiger partial charge in [0.05, 0.1) is 10.6 Å². The third-order valence-electron chi connectivity index (χ3n) is 12.8. The molecule has 2 N–H and O–H groups in total. The number of anilines is 4. The Bertz CT molecular complexity index is 1940. The average Bonchev–Trinajstić information content (AvgIpc) is 3.54. The number of nitriles is 1. The van der Waals surface area contributed by atoms with Gasteiger partial charge in [-0.3, -0.25) is 24.6 Å². The number of likely N-dealkylation sites (tertiary alicyclic amines) is 1. The van der Waals surface area contributed by atoms with Crippen LogP contribution in [0.1, 0.15) is 67.8 Å². The number of nitrogens with one attached hydrogen (secondary N) is 2. The second-order valence-electron chi connectivity index (χ2n) is 16.2. The lowest BCUT2D eigenvalue weighted by atomic mass is 9.76. The smallest absolute Gasteiger partial charge is 0.253 e. The topological polar surface area (TPSA) is 115 Å². The first-order valence-corrected chi connectivity index (χ1v) is 20.3. The summed E-state index contributed by atoms with van der Waals surface area (Å²) in [6.45, 7) is 10.7. The Balaban J connectivity index is 0.781. The standard InChI is InChI=1S/C43H51ClN8O3/c1-30-27-43(29-52(30)37-10-7-32(28-45)38(44)26-37)15-19-48(20-16-43)34-8-5-31(6-9-34)42(55)51-17-13-35(14-18-51)49-21-23-50(24-22-49)36-4-2-3-33(25-36)46-39-11-12-40(53)47-41(39)54/h2-10,25-26,30,35,39,46H,11-24,27,29H2,1H3,(H,47,53,54)/t30-,39-/m1/s1. The number of hydrogen-bond acceptors (Lipinski definition) is 9. The lowest BCUT2D eigenvalue weighted by Crippen LogP contribution is -2.53. The number of imide groups is 1. The second-order valence-corrected chi connectivity index (χ2v) is 16.6. The Kier molecular flexibility index (Phi) is 10.6. The highest BCUT2D eigenvalue weighted by Crippen LogP contribution is 2.46. The Hall–Kier alpha value is -4.79. The number of amides is 3. The minimum absolute atomic E-state index is 0.126. The first kappa shape index (κ1) is 37.1. The fourth-order valence-corrected chi connectivity index (χ4v) is 9.86. The van der Waals surface area contributed by atoms with Crippen LogP contribution in [-0.2, 0) is 9.59 Å². The second kappa shape index (κ2) is 15.8. The van der Waals surface area contributed by atoms with Gasteiger partial charge in [0.1, 0.15) is 12.1 Å². The summed E-state index contributed by atoms with van der Waals surface area (Å²) >= 11 is 6.38. The molecule has 2 atom stereocenters. The van der Waals surface area contributed by atoms with Crippen LogP contribution in [0.25, 0.3) is 0 Å². The number of carbonyl (C=O) groups excluding carboxylic acids is 3. The molecule has 0 aliphatic carbocycles. The van der Waals surface area contributed by atoms with Gasteiger partial charge in [0, 0.05) is 106 Å². The van der Waals surface area contributed by atoms with Crippen molar-refractivity contribution in [3.8, 4) is 6.07 Å². The largest absolute Gasteiger partial charge is 0.374 e. The molecule has 3 aromatic carbocycles. The molecule has 5 heterocycles. The van der Waals surface area contributed by atoms with Crippen LogP contribution in [0.15, 0.2) is 66.7 Å². The molecule has 0 radical (unpaired) electrons. The highest BCUT2D eigenvalue weighted by atomic mass is 35.5. The number of piperazine rings is 1. The zero-order valence-electron chi connectivity index (χ0n) is 31.7. The van der Waals surface area contributed by atoms with Crippen molar-refractivity contribution in [2.75, 3.05) is 78.9 Å². The number of benzene rings is 3. The molecule has 0 unspecified atom stereocenters. The molecule has 5 aliphatic heterocycles. The zero-order valence-corrected chi connectivity index (χ0v) is 32.4. The Morgan fingerprint density at radius 2 is 1.56 bits per heavy atom. The van der Waals surface area contributed by atoms with Gasteiger partial charge < -0.3 is 24.9 Å². The molecular formula is C43H51ClN8O3. The van der Waals surface area contributed by atoms with Crippen LogP contribution in [0.2, 0.25) is 5.02 Å². The number of piperidine rings is 3. The first-order chi connectivity index (χ1) is 26.7. The monoisotopic (exact) mass is 762 g/mol. The van der Waals surface area contributed by atoms with Gasteiger partial charge >= 0.3 is 0 Å². The van der Waals surface area contributed by atoms with E-state index < -0.39 is 6.04 Å². The molecule has 0 aromatic heterocycles. The fourth-order valence-electron chi connectivity index (χ4n) is 9.64.